The maximum Gasteiger partial charge on any atom is 0.167 e. The molecule has 3 heteroatoms. The van der Waals surface area contributed by atoms with Crippen LogP contribution in [0.2, 0.25) is 0 Å². The third-order valence-electron chi connectivity index (χ3n) is 2.83. The first-order chi connectivity index (χ1) is 7.63. The molecule has 0 heterocycles. The zero-order valence-electron chi connectivity index (χ0n) is 10.1. The fraction of sp³-hybridized carbons (Fsp3) is 0.462. The van der Waals surface area contributed by atoms with Gasteiger partial charge in [-0.1, -0.05) is 6.92 Å². The molecule has 1 aromatic carbocycles. The Hall–Kier alpha value is -1.35. The molecule has 1 aromatic rings. The van der Waals surface area contributed by atoms with Crippen molar-refractivity contribution in [3.05, 3.63) is 29.3 Å². The molecule has 3 nitrogen and oxygen atoms in total. The van der Waals surface area contributed by atoms with Gasteiger partial charge < -0.3 is 10.5 Å². The minimum Gasteiger partial charge on any atom is -0.496 e. The summed E-state index contributed by atoms with van der Waals surface area (Å²) in [5.74, 6) is 0.848. The smallest absolute Gasteiger partial charge is 0.167 e. The quantitative estimate of drug-likeness (QED) is 0.775. The summed E-state index contributed by atoms with van der Waals surface area (Å²) >= 11 is 0. The molecular formula is C13H19NO2. The third-order valence-corrected chi connectivity index (χ3v) is 2.83. The summed E-state index contributed by atoms with van der Waals surface area (Å²) in [5, 5.41) is 0. The van der Waals surface area contributed by atoms with Gasteiger partial charge in [0.25, 0.3) is 0 Å². The van der Waals surface area contributed by atoms with Crippen molar-refractivity contribution < 1.29 is 9.53 Å². The Balaban J connectivity index is 2.96. The minimum absolute atomic E-state index is 0.0761. The number of ketones is 1. The summed E-state index contributed by atoms with van der Waals surface area (Å²) in [4.78, 5) is 12.0. The molecule has 0 amide bonds. The SMILES string of the molecule is CCC(CN)C(=O)c1ccc(OC)c(C)c1. The van der Waals surface area contributed by atoms with Gasteiger partial charge in [-0.3, -0.25) is 4.79 Å². The highest BCUT2D eigenvalue weighted by Crippen LogP contribution is 2.20. The molecule has 0 fully saturated rings. The zero-order valence-corrected chi connectivity index (χ0v) is 10.1. The van der Waals surface area contributed by atoms with Crippen LogP contribution in [-0.2, 0) is 0 Å². The Morgan fingerprint density at radius 1 is 1.50 bits per heavy atom. The van der Waals surface area contributed by atoms with E-state index in [9.17, 15) is 4.79 Å². The highest BCUT2D eigenvalue weighted by atomic mass is 16.5. The Morgan fingerprint density at radius 2 is 2.19 bits per heavy atom. The fourth-order valence-corrected chi connectivity index (χ4v) is 1.73. The Kier molecular flexibility index (Phi) is 4.50. The van der Waals surface area contributed by atoms with Crippen molar-refractivity contribution in [3.8, 4) is 5.75 Å². The Morgan fingerprint density at radius 3 is 2.62 bits per heavy atom. The van der Waals surface area contributed by atoms with E-state index in [1.54, 1.807) is 13.2 Å². The molecule has 16 heavy (non-hydrogen) atoms. The van der Waals surface area contributed by atoms with Crippen molar-refractivity contribution in [1.29, 1.82) is 0 Å². The molecule has 1 rings (SSSR count). The number of Topliss-reactive ketones (excluding diaryl/α,β-unsaturated/α-hetero) is 1. The van der Waals surface area contributed by atoms with E-state index in [4.69, 9.17) is 10.5 Å². The number of methoxy groups -OCH3 is 1. The summed E-state index contributed by atoms with van der Waals surface area (Å²) < 4.78 is 5.16. The predicted octanol–water partition coefficient (Wildman–Crippen LogP) is 2.17. The van der Waals surface area contributed by atoms with Gasteiger partial charge in [0.15, 0.2) is 5.78 Å². The molecule has 0 radical (unpaired) electrons. The van der Waals surface area contributed by atoms with Gasteiger partial charge in [0.2, 0.25) is 0 Å². The number of carbonyl (C=O) groups excluding carboxylic acids is 1. The summed E-state index contributed by atoms with van der Waals surface area (Å²) in [6.07, 6.45) is 0.778. The molecule has 0 spiro atoms. The second kappa shape index (κ2) is 5.66. The van der Waals surface area contributed by atoms with Crippen molar-refractivity contribution in [3.63, 3.8) is 0 Å². The summed E-state index contributed by atoms with van der Waals surface area (Å²) in [7, 11) is 1.62. The molecule has 0 aliphatic heterocycles. The molecule has 2 N–H and O–H groups in total. The molecule has 0 saturated carbocycles. The van der Waals surface area contributed by atoms with Gasteiger partial charge in [0.05, 0.1) is 7.11 Å². The maximum absolute atomic E-state index is 12.0. The van der Waals surface area contributed by atoms with Gasteiger partial charge in [0, 0.05) is 18.0 Å². The van der Waals surface area contributed by atoms with E-state index in [0.717, 1.165) is 23.3 Å². The van der Waals surface area contributed by atoms with E-state index in [1.165, 1.54) is 0 Å². The Labute approximate surface area is 96.6 Å². The molecule has 0 aromatic heterocycles. The van der Waals surface area contributed by atoms with Gasteiger partial charge in [-0.2, -0.15) is 0 Å². The second-order valence-corrected chi connectivity index (χ2v) is 3.89. The molecule has 0 aliphatic rings. The first-order valence-electron chi connectivity index (χ1n) is 5.53. The Bertz CT molecular complexity index is 370. The van der Waals surface area contributed by atoms with Gasteiger partial charge in [-0.25, -0.2) is 0 Å². The molecule has 0 bridgehead atoms. The van der Waals surface area contributed by atoms with Crippen molar-refractivity contribution in [2.45, 2.75) is 20.3 Å². The summed E-state index contributed by atoms with van der Waals surface area (Å²) in [6, 6.07) is 5.48. The summed E-state index contributed by atoms with van der Waals surface area (Å²) in [6.45, 7) is 4.31. The highest BCUT2D eigenvalue weighted by molar-refractivity contribution is 5.98. The normalized spacial score (nSPS) is 12.2. The average Bonchev–Trinajstić information content (AvgIpc) is 2.30. The van der Waals surface area contributed by atoms with E-state index < -0.39 is 0 Å². The first kappa shape index (κ1) is 12.7. The second-order valence-electron chi connectivity index (χ2n) is 3.89. The van der Waals surface area contributed by atoms with E-state index in [2.05, 4.69) is 0 Å². The number of carbonyl (C=O) groups is 1. The lowest BCUT2D eigenvalue weighted by atomic mass is 9.94. The topological polar surface area (TPSA) is 52.3 Å². The molecular weight excluding hydrogens is 202 g/mol. The van der Waals surface area contributed by atoms with Gasteiger partial charge in [-0.15, -0.1) is 0 Å². The monoisotopic (exact) mass is 221 g/mol. The maximum atomic E-state index is 12.0. The predicted molar refractivity (Wildman–Crippen MR) is 64.9 cm³/mol. The van der Waals surface area contributed by atoms with Crippen LogP contribution in [0.25, 0.3) is 0 Å². The third kappa shape index (κ3) is 2.61. The van der Waals surface area contributed by atoms with Crippen LogP contribution in [0.15, 0.2) is 18.2 Å². The first-order valence-corrected chi connectivity index (χ1v) is 5.53. The number of benzene rings is 1. The molecule has 1 atom stereocenters. The molecule has 1 unspecified atom stereocenters. The van der Waals surface area contributed by atoms with Crippen LogP contribution in [0.3, 0.4) is 0 Å². The van der Waals surface area contributed by atoms with Gasteiger partial charge >= 0.3 is 0 Å². The number of nitrogens with two attached hydrogens (primary N) is 1. The molecule has 0 aliphatic carbocycles. The molecule has 0 saturated heterocycles. The number of ether oxygens (including phenoxy) is 1. The number of aryl methyl sites for hydroxylation is 1. The summed E-state index contributed by atoms with van der Waals surface area (Å²) in [5.41, 5.74) is 7.26. The van der Waals surface area contributed by atoms with E-state index in [0.29, 0.717) is 6.54 Å². The van der Waals surface area contributed by atoms with Crippen LogP contribution in [0.1, 0.15) is 29.3 Å². The lowest BCUT2D eigenvalue weighted by Crippen LogP contribution is -2.23. The van der Waals surface area contributed by atoms with E-state index in [1.807, 2.05) is 26.0 Å². The largest absolute Gasteiger partial charge is 0.496 e. The van der Waals surface area contributed by atoms with Gasteiger partial charge in [0.1, 0.15) is 5.75 Å². The van der Waals surface area contributed by atoms with Crippen LogP contribution < -0.4 is 10.5 Å². The van der Waals surface area contributed by atoms with Crippen LogP contribution >= 0.6 is 0 Å². The average molecular weight is 221 g/mol. The van der Waals surface area contributed by atoms with E-state index >= 15 is 0 Å². The van der Waals surface area contributed by atoms with Crippen molar-refractivity contribution >= 4 is 5.78 Å². The molecule has 88 valence electrons. The van der Waals surface area contributed by atoms with Crippen LogP contribution in [0.5, 0.6) is 5.75 Å². The number of rotatable bonds is 5. The fourth-order valence-electron chi connectivity index (χ4n) is 1.73. The van der Waals surface area contributed by atoms with Crippen LogP contribution in [0, 0.1) is 12.8 Å². The lowest BCUT2D eigenvalue weighted by molar-refractivity contribution is 0.0921. The highest BCUT2D eigenvalue weighted by Gasteiger charge is 2.17. The van der Waals surface area contributed by atoms with Crippen LogP contribution in [0.4, 0.5) is 0 Å². The van der Waals surface area contributed by atoms with Crippen LogP contribution in [-0.4, -0.2) is 19.4 Å². The zero-order chi connectivity index (χ0) is 12.1. The number of hydrogen-bond donors (Lipinski definition) is 1. The van der Waals surface area contributed by atoms with Gasteiger partial charge in [-0.05, 0) is 37.1 Å². The lowest BCUT2D eigenvalue weighted by Gasteiger charge is -2.12. The minimum atomic E-state index is -0.0761. The van der Waals surface area contributed by atoms with E-state index in [-0.39, 0.29) is 11.7 Å². The van der Waals surface area contributed by atoms with Crippen molar-refractivity contribution in [1.82, 2.24) is 0 Å². The van der Waals surface area contributed by atoms with Crippen molar-refractivity contribution in [2.24, 2.45) is 11.7 Å². The standard InChI is InChI=1S/C13H19NO2/c1-4-10(8-14)13(15)11-5-6-12(16-3)9(2)7-11/h5-7,10H,4,8,14H2,1-3H3. The van der Waals surface area contributed by atoms with Crippen molar-refractivity contribution in [2.75, 3.05) is 13.7 Å². The number of hydrogen-bond acceptors (Lipinski definition) is 3.